The number of nitrogen functional groups attached to an aromatic ring is 1. The molecule has 0 saturated carbocycles. The summed E-state index contributed by atoms with van der Waals surface area (Å²) in [4.78, 5) is 7.86. The van der Waals surface area contributed by atoms with Crippen LogP contribution in [-0.4, -0.2) is 24.9 Å². The molecule has 20 heavy (non-hydrogen) atoms. The van der Waals surface area contributed by atoms with Crippen LogP contribution in [0.5, 0.6) is 0 Å². The third-order valence-corrected chi connectivity index (χ3v) is 4.12. The van der Waals surface area contributed by atoms with Crippen LogP contribution in [0.3, 0.4) is 0 Å². The van der Waals surface area contributed by atoms with Gasteiger partial charge in [-0.3, -0.25) is 4.98 Å². The van der Waals surface area contributed by atoms with Crippen molar-refractivity contribution in [1.82, 2.24) is 14.7 Å². The number of anilines is 1. The smallest absolute Gasteiger partial charge is 0.244 e. The van der Waals surface area contributed by atoms with Gasteiger partial charge in [0.15, 0.2) is 5.82 Å². The Morgan fingerprint density at radius 1 is 1.20 bits per heavy atom. The van der Waals surface area contributed by atoms with Gasteiger partial charge in [0.05, 0.1) is 0 Å². The van der Waals surface area contributed by atoms with Gasteiger partial charge in [-0.15, -0.1) is 0 Å². The van der Waals surface area contributed by atoms with Crippen molar-refractivity contribution in [2.75, 3.05) is 12.0 Å². The number of nitrogens with two attached hydrogens (primary N) is 1. The average molecular weight is 293 g/mol. The lowest BCUT2D eigenvalue weighted by atomic mass is 10.2. The van der Waals surface area contributed by atoms with Crippen molar-refractivity contribution in [3.05, 3.63) is 48.4 Å². The molecule has 0 amide bonds. The molecule has 0 saturated heterocycles. The molecule has 8 heteroatoms. The maximum atomic E-state index is 12.1. The van der Waals surface area contributed by atoms with Crippen LogP contribution in [0.1, 0.15) is 5.56 Å². The van der Waals surface area contributed by atoms with E-state index in [1.54, 1.807) is 18.5 Å². The molecule has 2 aromatic heterocycles. The van der Waals surface area contributed by atoms with Crippen LogP contribution in [-0.2, 0) is 16.4 Å². The van der Waals surface area contributed by atoms with Crippen LogP contribution >= 0.6 is 0 Å². The highest BCUT2D eigenvalue weighted by Crippen LogP contribution is 2.16. The molecule has 106 valence electrons. The van der Waals surface area contributed by atoms with Crippen LogP contribution < -0.4 is 16.0 Å². The maximum absolute atomic E-state index is 12.1. The van der Waals surface area contributed by atoms with Crippen molar-refractivity contribution in [2.24, 2.45) is 5.84 Å². The van der Waals surface area contributed by atoms with Crippen molar-refractivity contribution in [1.29, 1.82) is 0 Å². The number of nitrogens with zero attached hydrogens (tertiary/aromatic N) is 2. The fourth-order valence-electron chi connectivity index (χ4n) is 1.67. The number of hydrogen-bond acceptors (Lipinski definition) is 6. The van der Waals surface area contributed by atoms with Crippen molar-refractivity contribution in [3.63, 3.8) is 0 Å². The van der Waals surface area contributed by atoms with Crippen LogP contribution in [0.4, 0.5) is 5.82 Å². The van der Waals surface area contributed by atoms with Gasteiger partial charge >= 0.3 is 0 Å². The number of hydrogen-bond donors (Lipinski definition) is 3. The minimum absolute atomic E-state index is 0.0219. The van der Waals surface area contributed by atoms with E-state index < -0.39 is 10.0 Å². The Labute approximate surface area is 117 Å². The van der Waals surface area contributed by atoms with E-state index in [2.05, 4.69) is 20.1 Å². The van der Waals surface area contributed by atoms with Gasteiger partial charge < -0.3 is 5.43 Å². The zero-order chi connectivity index (χ0) is 14.4. The molecular weight excluding hydrogens is 278 g/mol. The molecule has 0 fully saturated rings. The normalized spacial score (nSPS) is 11.2. The molecule has 0 atom stereocenters. The Bertz CT molecular complexity index is 661. The van der Waals surface area contributed by atoms with Crippen molar-refractivity contribution in [3.8, 4) is 0 Å². The lowest BCUT2D eigenvalue weighted by Crippen LogP contribution is -2.27. The van der Waals surface area contributed by atoms with E-state index in [0.29, 0.717) is 6.42 Å². The standard InChI is InChI=1S/C12H15N5O2S/c13-17-12-11(4-2-7-15-12)20(18,19)16-8-5-10-3-1-6-14-9-10/h1-4,6-7,9,16H,5,8,13H2,(H,15,17). The molecule has 0 unspecified atom stereocenters. The quantitative estimate of drug-likeness (QED) is 0.521. The first-order valence-electron chi connectivity index (χ1n) is 5.93. The van der Waals surface area contributed by atoms with Gasteiger partial charge in [0.1, 0.15) is 4.90 Å². The molecule has 7 nitrogen and oxygen atoms in total. The van der Waals surface area contributed by atoms with Crippen LogP contribution in [0, 0.1) is 0 Å². The second-order valence-corrected chi connectivity index (χ2v) is 5.74. The lowest BCUT2D eigenvalue weighted by molar-refractivity contribution is 0.581. The van der Waals surface area contributed by atoms with Gasteiger partial charge in [-0.05, 0) is 30.2 Å². The Kier molecular flexibility index (Phi) is 4.61. The van der Waals surface area contributed by atoms with Gasteiger partial charge in [-0.1, -0.05) is 6.07 Å². The third kappa shape index (κ3) is 3.50. The Morgan fingerprint density at radius 3 is 2.70 bits per heavy atom. The molecule has 4 N–H and O–H groups in total. The number of hydrazine groups is 1. The molecule has 0 bridgehead atoms. The molecule has 2 rings (SSSR count). The molecular formula is C12H15N5O2S. The summed E-state index contributed by atoms with van der Waals surface area (Å²) in [5, 5.41) is 0. The van der Waals surface area contributed by atoms with E-state index in [-0.39, 0.29) is 17.3 Å². The SMILES string of the molecule is NNc1ncccc1S(=O)(=O)NCCc1cccnc1. The van der Waals surface area contributed by atoms with Crippen LogP contribution in [0.25, 0.3) is 0 Å². The van der Waals surface area contributed by atoms with Gasteiger partial charge in [0.2, 0.25) is 10.0 Å². The van der Waals surface area contributed by atoms with Crippen LogP contribution in [0.2, 0.25) is 0 Å². The van der Waals surface area contributed by atoms with Crippen molar-refractivity contribution >= 4 is 15.8 Å². The molecule has 0 spiro atoms. The Morgan fingerprint density at radius 2 is 2.00 bits per heavy atom. The maximum Gasteiger partial charge on any atom is 0.244 e. The summed E-state index contributed by atoms with van der Waals surface area (Å²) >= 11 is 0. The average Bonchev–Trinajstić information content (AvgIpc) is 2.48. The molecule has 0 aliphatic rings. The summed E-state index contributed by atoms with van der Waals surface area (Å²) in [5.41, 5.74) is 3.23. The number of nitrogens with one attached hydrogen (secondary N) is 2. The summed E-state index contributed by atoms with van der Waals surface area (Å²) in [6.07, 6.45) is 5.39. The largest absolute Gasteiger partial charge is 0.307 e. The summed E-state index contributed by atoms with van der Waals surface area (Å²) in [6, 6.07) is 6.67. The highest BCUT2D eigenvalue weighted by atomic mass is 32.2. The van der Waals surface area contributed by atoms with Gasteiger partial charge in [-0.2, -0.15) is 0 Å². The summed E-state index contributed by atoms with van der Waals surface area (Å²) < 4.78 is 26.8. The highest BCUT2D eigenvalue weighted by molar-refractivity contribution is 7.89. The number of aromatic nitrogens is 2. The number of pyridine rings is 2. The van der Waals surface area contributed by atoms with Gasteiger partial charge in [-0.25, -0.2) is 24.0 Å². The third-order valence-electron chi connectivity index (χ3n) is 2.63. The predicted octanol–water partition coefficient (Wildman–Crippen LogP) is 0.283. The van der Waals surface area contributed by atoms with Gasteiger partial charge in [0.25, 0.3) is 0 Å². The molecule has 2 aromatic rings. The zero-order valence-corrected chi connectivity index (χ0v) is 11.5. The van der Waals surface area contributed by atoms with Crippen molar-refractivity contribution < 1.29 is 8.42 Å². The summed E-state index contributed by atoms with van der Waals surface area (Å²) in [5.74, 6) is 5.37. The fourth-order valence-corrected chi connectivity index (χ4v) is 2.82. The Balaban J connectivity index is 2.04. The van der Waals surface area contributed by atoms with E-state index in [4.69, 9.17) is 5.84 Å². The molecule has 0 radical (unpaired) electrons. The first-order valence-corrected chi connectivity index (χ1v) is 7.42. The van der Waals surface area contributed by atoms with E-state index in [0.717, 1.165) is 5.56 Å². The minimum atomic E-state index is -3.65. The van der Waals surface area contributed by atoms with Crippen LogP contribution in [0.15, 0.2) is 47.8 Å². The molecule has 0 aliphatic carbocycles. The van der Waals surface area contributed by atoms with E-state index in [1.807, 2.05) is 6.07 Å². The topological polar surface area (TPSA) is 110 Å². The lowest BCUT2D eigenvalue weighted by Gasteiger charge is -2.09. The number of rotatable bonds is 6. The second kappa shape index (κ2) is 6.42. The summed E-state index contributed by atoms with van der Waals surface area (Å²) in [6.45, 7) is 0.271. The predicted molar refractivity (Wildman–Crippen MR) is 75.2 cm³/mol. The first kappa shape index (κ1) is 14.4. The highest BCUT2D eigenvalue weighted by Gasteiger charge is 2.18. The second-order valence-electron chi connectivity index (χ2n) is 4.00. The zero-order valence-electron chi connectivity index (χ0n) is 10.7. The molecule has 0 aliphatic heterocycles. The number of sulfonamides is 1. The van der Waals surface area contributed by atoms with Gasteiger partial charge in [0, 0.05) is 25.1 Å². The fraction of sp³-hybridized carbons (Fsp3) is 0.167. The van der Waals surface area contributed by atoms with E-state index >= 15 is 0 Å². The minimum Gasteiger partial charge on any atom is -0.307 e. The van der Waals surface area contributed by atoms with E-state index in [9.17, 15) is 8.42 Å². The monoisotopic (exact) mass is 293 g/mol. The van der Waals surface area contributed by atoms with E-state index in [1.165, 1.54) is 18.3 Å². The summed E-state index contributed by atoms with van der Waals surface area (Å²) in [7, 11) is -3.65. The van der Waals surface area contributed by atoms with Crippen molar-refractivity contribution in [2.45, 2.75) is 11.3 Å². The molecule has 0 aromatic carbocycles. The first-order chi connectivity index (χ1) is 9.63. The molecule has 2 heterocycles. The Hall–Kier alpha value is -2.03.